The Kier molecular flexibility index (Phi) is 11.3. The lowest BCUT2D eigenvalue weighted by atomic mass is 9.87. The number of rotatable bonds is 13. The average molecular weight is 270 g/mol. The summed E-state index contributed by atoms with van der Waals surface area (Å²) in [4.78, 5) is 0. The van der Waals surface area contributed by atoms with E-state index >= 15 is 0 Å². The highest BCUT2D eigenvalue weighted by atomic mass is 16.5. The molecule has 0 saturated carbocycles. The lowest BCUT2D eigenvalue weighted by Crippen LogP contribution is -2.43. The predicted octanol–water partition coefficient (Wildman–Crippen LogP) is 5.12. The minimum absolute atomic E-state index is 0.126. The summed E-state index contributed by atoms with van der Waals surface area (Å²) in [5, 5.41) is 0. The molecule has 0 aromatic rings. The molecule has 0 rings (SSSR count). The molecule has 0 N–H and O–H groups in total. The van der Waals surface area contributed by atoms with Crippen LogP contribution in [0.15, 0.2) is 12.7 Å². The molecule has 19 heavy (non-hydrogen) atoms. The first-order chi connectivity index (χ1) is 9.20. The summed E-state index contributed by atoms with van der Waals surface area (Å²) in [6, 6.07) is 0. The van der Waals surface area contributed by atoms with E-state index in [1.165, 1.54) is 38.5 Å². The van der Waals surface area contributed by atoms with Gasteiger partial charge in [-0.05, 0) is 12.8 Å². The van der Waals surface area contributed by atoms with Crippen molar-refractivity contribution in [1.82, 2.24) is 0 Å². The van der Waals surface area contributed by atoms with E-state index in [1.807, 2.05) is 6.08 Å². The van der Waals surface area contributed by atoms with Crippen molar-refractivity contribution in [3.8, 4) is 0 Å². The van der Waals surface area contributed by atoms with Gasteiger partial charge in [0.2, 0.25) is 0 Å². The second kappa shape index (κ2) is 11.5. The van der Waals surface area contributed by atoms with E-state index < -0.39 is 0 Å². The van der Waals surface area contributed by atoms with Crippen molar-refractivity contribution in [2.45, 2.75) is 83.3 Å². The SMILES string of the molecule is C=CC(CCC)(OC)C(CCCCCCCC)OC. The second-order valence-electron chi connectivity index (χ2n) is 5.39. The van der Waals surface area contributed by atoms with E-state index in [1.54, 1.807) is 14.2 Å². The van der Waals surface area contributed by atoms with Crippen LogP contribution in [0.1, 0.15) is 71.6 Å². The Morgan fingerprint density at radius 3 is 2.11 bits per heavy atom. The molecule has 2 nitrogen and oxygen atoms in total. The van der Waals surface area contributed by atoms with Gasteiger partial charge in [-0.1, -0.05) is 64.9 Å². The van der Waals surface area contributed by atoms with Gasteiger partial charge in [-0.3, -0.25) is 0 Å². The minimum atomic E-state index is -0.313. The monoisotopic (exact) mass is 270 g/mol. The Balaban J connectivity index is 4.18. The molecule has 0 aliphatic carbocycles. The zero-order chi connectivity index (χ0) is 14.6. The molecular formula is C17H34O2. The van der Waals surface area contributed by atoms with E-state index in [-0.39, 0.29) is 11.7 Å². The van der Waals surface area contributed by atoms with Crippen LogP contribution in [0.5, 0.6) is 0 Å². The first-order valence-electron chi connectivity index (χ1n) is 7.92. The van der Waals surface area contributed by atoms with E-state index in [4.69, 9.17) is 9.47 Å². The maximum Gasteiger partial charge on any atom is 0.112 e. The maximum absolute atomic E-state index is 5.73. The second-order valence-corrected chi connectivity index (χ2v) is 5.39. The first kappa shape index (κ1) is 18.7. The fraction of sp³-hybridized carbons (Fsp3) is 0.882. The molecule has 0 spiro atoms. The van der Waals surface area contributed by atoms with Crippen molar-refractivity contribution >= 4 is 0 Å². The Morgan fingerprint density at radius 1 is 1.00 bits per heavy atom. The molecule has 0 aromatic heterocycles. The zero-order valence-electron chi connectivity index (χ0n) is 13.5. The topological polar surface area (TPSA) is 18.5 Å². The molecule has 114 valence electrons. The van der Waals surface area contributed by atoms with E-state index in [0.29, 0.717) is 0 Å². The van der Waals surface area contributed by atoms with Gasteiger partial charge < -0.3 is 9.47 Å². The van der Waals surface area contributed by atoms with Gasteiger partial charge in [0, 0.05) is 14.2 Å². The van der Waals surface area contributed by atoms with Crippen molar-refractivity contribution in [1.29, 1.82) is 0 Å². The van der Waals surface area contributed by atoms with Crippen LogP contribution in [0.4, 0.5) is 0 Å². The lowest BCUT2D eigenvalue weighted by Gasteiger charge is -2.36. The van der Waals surface area contributed by atoms with E-state index in [0.717, 1.165) is 19.3 Å². The third-order valence-electron chi connectivity index (χ3n) is 4.02. The third-order valence-corrected chi connectivity index (χ3v) is 4.02. The van der Waals surface area contributed by atoms with E-state index in [2.05, 4.69) is 20.4 Å². The van der Waals surface area contributed by atoms with Crippen molar-refractivity contribution in [3.05, 3.63) is 12.7 Å². The molecule has 0 aliphatic rings. The number of hydrogen-bond acceptors (Lipinski definition) is 2. The standard InChI is InChI=1S/C17H34O2/c1-6-9-10-11-12-13-14-16(18-4)17(8-3,19-5)15-7-2/h8,16H,3,6-7,9-15H2,1-2,4-5H3. The predicted molar refractivity (Wildman–Crippen MR) is 83.6 cm³/mol. The molecule has 2 heteroatoms. The molecular weight excluding hydrogens is 236 g/mol. The average Bonchev–Trinajstić information content (AvgIpc) is 2.45. The van der Waals surface area contributed by atoms with Gasteiger partial charge in [-0.2, -0.15) is 0 Å². The van der Waals surface area contributed by atoms with Gasteiger partial charge in [0.25, 0.3) is 0 Å². The van der Waals surface area contributed by atoms with Crippen molar-refractivity contribution in [3.63, 3.8) is 0 Å². The molecule has 0 radical (unpaired) electrons. The van der Waals surface area contributed by atoms with Crippen LogP contribution in [-0.4, -0.2) is 25.9 Å². The molecule has 0 bridgehead atoms. The molecule has 2 atom stereocenters. The number of methoxy groups -OCH3 is 2. The smallest absolute Gasteiger partial charge is 0.112 e. The Labute approximate surface area is 120 Å². The molecule has 2 unspecified atom stereocenters. The van der Waals surface area contributed by atoms with Gasteiger partial charge in [0.05, 0.1) is 6.10 Å². The van der Waals surface area contributed by atoms with Crippen molar-refractivity contribution < 1.29 is 9.47 Å². The maximum atomic E-state index is 5.73. The molecule has 0 saturated heterocycles. The van der Waals surface area contributed by atoms with Crippen LogP contribution in [0.2, 0.25) is 0 Å². The highest BCUT2D eigenvalue weighted by Gasteiger charge is 2.35. The summed E-state index contributed by atoms with van der Waals surface area (Å²) in [7, 11) is 3.55. The summed E-state index contributed by atoms with van der Waals surface area (Å²) in [6.45, 7) is 8.38. The quantitative estimate of drug-likeness (QED) is 0.341. The fourth-order valence-corrected chi connectivity index (χ4v) is 2.77. The Hall–Kier alpha value is -0.340. The van der Waals surface area contributed by atoms with Crippen LogP contribution in [0.3, 0.4) is 0 Å². The summed E-state index contributed by atoms with van der Waals surface area (Å²) >= 11 is 0. The van der Waals surface area contributed by atoms with E-state index in [9.17, 15) is 0 Å². The number of ether oxygens (including phenoxy) is 2. The zero-order valence-corrected chi connectivity index (χ0v) is 13.5. The molecule has 0 aromatic carbocycles. The summed E-state index contributed by atoms with van der Waals surface area (Å²) < 4.78 is 11.4. The largest absolute Gasteiger partial charge is 0.378 e. The van der Waals surface area contributed by atoms with Crippen molar-refractivity contribution in [2.75, 3.05) is 14.2 Å². The molecule has 0 heterocycles. The third kappa shape index (κ3) is 6.58. The van der Waals surface area contributed by atoms with Crippen LogP contribution in [0.25, 0.3) is 0 Å². The molecule has 0 amide bonds. The molecule has 0 aliphatic heterocycles. The number of hydrogen-bond donors (Lipinski definition) is 0. The van der Waals surface area contributed by atoms with Crippen LogP contribution in [0, 0.1) is 0 Å². The van der Waals surface area contributed by atoms with Crippen molar-refractivity contribution in [2.24, 2.45) is 0 Å². The summed E-state index contributed by atoms with van der Waals surface area (Å²) in [6.07, 6.45) is 13.0. The molecule has 0 fully saturated rings. The summed E-state index contributed by atoms with van der Waals surface area (Å²) in [5.74, 6) is 0. The van der Waals surface area contributed by atoms with Gasteiger partial charge >= 0.3 is 0 Å². The lowest BCUT2D eigenvalue weighted by molar-refractivity contribution is -0.0948. The normalized spacial score (nSPS) is 16.0. The van der Waals surface area contributed by atoms with Gasteiger partial charge in [-0.15, -0.1) is 6.58 Å². The van der Waals surface area contributed by atoms with Crippen LogP contribution in [-0.2, 0) is 9.47 Å². The van der Waals surface area contributed by atoms with Gasteiger partial charge in [0.15, 0.2) is 0 Å². The summed E-state index contributed by atoms with van der Waals surface area (Å²) in [5.41, 5.74) is -0.313. The van der Waals surface area contributed by atoms with Gasteiger partial charge in [0.1, 0.15) is 5.60 Å². The van der Waals surface area contributed by atoms with Crippen LogP contribution < -0.4 is 0 Å². The van der Waals surface area contributed by atoms with Gasteiger partial charge in [-0.25, -0.2) is 0 Å². The minimum Gasteiger partial charge on any atom is -0.378 e. The first-order valence-corrected chi connectivity index (χ1v) is 7.92. The number of unbranched alkanes of at least 4 members (excludes halogenated alkanes) is 5. The Bertz CT molecular complexity index is 215. The highest BCUT2D eigenvalue weighted by molar-refractivity contribution is 5.03. The Morgan fingerprint density at radius 2 is 1.63 bits per heavy atom. The highest BCUT2D eigenvalue weighted by Crippen LogP contribution is 2.29. The van der Waals surface area contributed by atoms with Crippen LogP contribution >= 0.6 is 0 Å². The fourth-order valence-electron chi connectivity index (χ4n) is 2.77.